The third-order valence-electron chi connectivity index (χ3n) is 4.09. The average Bonchev–Trinajstić information content (AvgIpc) is 2.62. The number of hydrogen-bond acceptors (Lipinski definition) is 5. The summed E-state index contributed by atoms with van der Waals surface area (Å²) in [6, 6.07) is 8.11. The van der Waals surface area contributed by atoms with Crippen molar-refractivity contribution in [1.29, 1.82) is 0 Å². The standard InChI is InChI=1S/C21H32N4O5/c1-21(2,3)30-17(26)13-15(12-14-8-5-4-6-9-14)18(27)25-16(19(28)29)10-7-11-24-20(22)23/h4-6,8-9,15-16H,7,10-13H2,1-3H3,(H,25,27)(H,28,29)(H4,22,23,24)/t15-,16-/m1/s1. The number of carbonyl (C=O) groups excluding carboxylic acids is 2. The van der Waals surface area contributed by atoms with E-state index in [0.717, 1.165) is 5.56 Å². The summed E-state index contributed by atoms with van der Waals surface area (Å²) < 4.78 is 5.34. The lowest BCUT2D eigenvalue weighted by molar-refractivity contribution is -0.157. The molecule has 1 aromatic carbocycles. The van der Waals surface area contributed by atoms with Crippen LogP contribution in [0.3, 0.4) is 0 Å². The van der Waals surface area contributed by atoms with E-state index in [0.29, 0.717) is 6.42 Å². The Morgan fingerprint density at radius 2 is 1.80 bits per heavy atom. The van der Waals surface area contributed by atoms with Gasteiger partial charge in [-0.1, -0.05) is 30.3 Å². The maximum Gasteiger partial charge on any atom is 0.326 e. The van der Waals surface area contributed by atoms with Crippen molar-refractivity contribution in [2.24, 2.45) is 22.4 Å². The second-order valence-corrected chi connectivity index (χ2v) is 8.03. The molecule has 0 spiro atoms. The van der Waals surface area contributed by atoms with Crippen LogP contribution in [0.5, 0.6) is 0 Å². The number of hydrogen-bond donors (Lipinski definition) is 4. The molecule has 1 rings (SSSR count). The molecule has 2 atom stereocenters. The van der Waals surface area contributed by atoms with E-state index in [1.807, 2.05) is 30.3 Å². The summed E-state index contributed by atoms with van der Waals surface area (Å²) in [4.78, 5) is 40.5. The zero-order valence-corrected chi connectivity index (χ0v) is 17.8. The second kappa shape index (κ2) is 11.8. The molecule has 166 valence electrons. The number of aliphatic imine (C=N–C) groups is 1. The van der Waals surface area contributed by atoms with Gasteiger partial charge in [0.25, 0.3) is 0 Å². The highest BCUT2D eigenvalue weighted by Gasteiger charge is 2.29. The van der Waals surface area contributed by atoms with Gasteiger partial charge in [0.2, 0.25) is 5.91 Å². The molecule has 0 saturated carbocycles. The number of nitrogens with two attached hydrogens (primary N) is 2. The molecule has 6 N–H and O–H groups in total. The van der Waals surface area contributed by atoms with Gasteiger partial charge in [-0.15, -0.1) is 0 Å². The lowest BCUT2D eigenvalue weighted by Gasteiger charge is -2.23. The van der Waals surface area contributed by atoms with E-state index in [2.05, 4.69) is 10.3 Å². The summed E-state index contributed by atoms with van der Waals surface area (Å²) in [7, 11) is 0. The zero-order chi connectivity index (χ0) is 22.7. The largest absolute Gasteiger partial charge is 0.480 e. The van der Waals surface area contributed by atoms with Crippen LogP contribution >= 0.6 is 0 Å². The van der Waals surface area contributed by atoms with Crippen molar-refractivity contribution < 1.29 is 24.2 Å². The molecule has 0 heterocycles. The van der Waals surface area contributed by atoms with E-state index >= 15 is 0 Å². The van der Waals surface area contributed by atoms with Crippen LogP contribution in [0.4, 0.5) is 0 Å². The number of carboxylic acid groups (broad SMARTS) is 1. The number of carboxylic acids is 1. The Morgan fingerprint density at radius 1 is 1.17 bits per heavy atom. The molecule has 0 fully saturated rings. The Bertz CT molecular complexity index is 740. The number of carbonyl (C=O) groups is 3. The molecule has 0 bridgehead atoms. The van der Waals surface area contributed by atoms with Crippen molar-refractivity contribution in [2.75, 3.05) is 6.54 Å². The van der Waals surface area contributed by atoms with Crippen LogP contribution in [-0.4, -0.2) is 47.1 Å². The zero-order valence-electron chi connectivity index (χ0n) is 17.8. The number of guanidine groups is 1. The normalized spacial score (nSPS) is 13.0. The van der Waals surface area contributed by atoms with Gasteiger partial charge in [0.1, 0.15) is 11.6 Å². The summed E-state index contributed by atoms with van der Waals surface area (Å²) in [5.41, 5.74) is 10.7. The predicted octanol–water partition coefficient (Wildman–Crippen LogP) is 1.20. The van der Waals surface area contributed by atoms with E-state index in [1.165, 1.54) is 0 Å². The minimum Gasteiger partial charge on any atom is -0.480 e. The third-order valence-corrected chi connectivity index (χ3v) is 4.09. The Hall–Kier alpha value is -3.10. The molecule has 0 aliphatic heterocycles. The van der Waals surface area contributed by atoms with E-state index < -0.39 is 35.4 Å². The highest BCUT2D eigenvalue weighted by atomic mass is 16.6. The number of rotatable bonds is 11. The average molecular weight is 421 g/mol. The molecule has 30 heavy (non-hydrogen) atoms. The summed E-state index contributed by atoms with van der Waals surface area (Å²) in [6.07, 6.45) is 0.664. The van der Waals surface area contributed by atoms with Crippen LogP contribution in [-0.2, 0) is 25.5 Å². The Kier molecular flexibility index (Phi) is 9.80. The van der Waals surface area contributed by atoms with Crippen LogP contribution in [0, 0.1) is 5.92 Å². The lowest BCUT2D eigenvalue weighted by atomic mass is 9.94. The molecular weight excluding hydrogens is 388 g/mol. The van der Waals surface area contributed by atoms with Crippen LogP contribution in [0.2, 0.25) is 0 Å². The van der Waals surface area contributed by atoms with Gasteiger partial charge >= 0.3 is 11.9 Å². The molecule has 0 aromatic heterocycles. The van der Waals surface area contributed by atoms with Crippen LogP contribution in [0.1, 0.15) is 45.6 Å². The SMILES string of the molecule is CC(C)(C)OC(=O)C[C@@H](Cc1ccccc1)C(=O)N[C@H](CCCN=C(N)N)C(=O)O. The number of aliphatic carboxylic acids is 1. The van der Waals surface area contributed by atoms with E-state index in [1.54, 1.807) is 20.8 Å². The van der Waals surface area contributed by atoms with Crippen molar-refractivity contribution >= 4 is 23.8 Å². The van der Waals surface area contributed by atoms with Gasteiger partial charge in [0.05, 0.1) is 12.3 Å². The maximum absolute atomic E-state index is 12.9. The monoisotopic (exact) mass is 420 g/mol. The van der Waals surface area contributed by atoms with Gasteiger partial charge in [-0.25, -0.2) is 4.79 Å². The van der Waals surface area contributed by atoms with E-state index in [-0.39, 0.29) is 31.8 Å². The fourth-order valence-corrected chi connectivity index (χ4v) is 2.79. The fourth-order valence-electron chi connectivity index (χ4n) is 2.79. The highest BCUT2D eigenvalue weighted by molar-refractivity contribution is 5.87. The van der Waals surface area contributed by atoms with Gasteiger partial charge in [-0.2, -0.15) is 0 Å². The van der Waals surface area contributed by atoms with Crippen molar-refractivity contribution in [3.63, 3.8) is 0 Å². The van der Waals surface area contributed by atoms with Crippen molar-refractivity contribution in [3.8, 4) is 0 Å². The van der Waals surface area contributed by atoms with Crippen molar-refractivity contribution in [2.45, 2.75) is 58.1 Å². The van der Waals surface area contributed by atoms with Gasteiger partial charge < -0.3 is 26.6 Å². The second-order valence-electron chi connectivity index (χ2n) is 8.03. The van der Waals surface area contributed by atoms with Crippen LogP contribution < -0.4 is 16.8 Å². The van der Waals surface area contributed by atoms with Crippen LogP contribution in [0.15, 0.2) is 35.3 Å². The predicted molar refractivity (Wildman–Crippen MR) is 114 cm³/mol. The molecule has 0 aliphatic carbocycles. The van der Waals surface area contributed by atoms with Gasteiger partial charge in [-0.3, -0.25) is 14.6 Å². The molecule has 1 aromatic rings. The lowest BCUT2D eigenvalue weighted by Crippen LogP contribution is -2.45. The number of amides is 1. The molecule has 9 heteroatoms. The summed E-state index contributed by atoms with van der Waals surface area (Å²) in [5.74, 6) is -3.03. The number of nitrogens with one attached hydrogen (secondary N) is 1. The number of benzene rings is 1. The molecule has 0 radical (unpaired) electrons. The van der Waals surface area contributed by atoms with Crippen molar-refractivity contribution in [3.05, 3.63) is 35.9 Å². The minimum atomic E-state index is -1.16. The summed E-state index contributed by atoms with van der Waals surface area (Å²) >= 11 is 0. The van der Waals surface area contributed by atoms with E-state index in [4.69, 9.17) is 16.2 Å². The van der Waals surface area contributed by atoms with E-state index in [9.17, 15) is 19.5 Å². The Morgan fingerprint density at radius 3 is 2.33 bits per heavy atom. The maximum atomic E-state index is 12.9. The Labute approximate surface area is 176 Å². The minimum absolute atomic E-state index is 0.0776. The fraction of sp³-hybridized carbons (Fsp3) is 0.524. The summed E-state index contributed by atoms with van der Waals surface area (Å²) in [5, 5.41) is 12.0. The summed E-state index contributed by atoms with van der Waals surface area (Å²) in [6.45, 7) is 5.49. The third kappa shape index (κ3) is 10.4. The topological polar surface area (TPSA) is 157 Å². The van der Waals surface area contributed by atoms with Gasteiger partial charge in [0, 0.05) is 6.54 Å². The first-order valence-corrected chi connectivity index (χ1v) is 9.82. The molecule has 0 unspecified atom stereocenters. The first-order valence-electron chi connectivity index (χ1n) is 9.82. The van der Waals surface area contributed by atoms with Gasteiger partial charge in [0.15, 0.2) is 5.96 Å². The molecule has 9 nitrogen and oxygen atoms in total. The highest BCUT2D eigenvalue weighted by Crippen LogP contribution is 2.17. The molecule has 0 aliphatic rings. The Balaban J connectivity index is 2.86. The number of ether oxygens (including phenoxy) is 1. The smallest absolute Gasteiger partial charge is 0.326 e. The quantitative estimate of drug-likeness (QED) is 0.181. The molecular formula is C21H32N4O5. The number of esters is 1. The molecule has 1 amide bonds. The van der Waals surface area contributed by atoms with Crippen LogP contribution in [0.25, 0.3) is 0 Å². The molecule has 0 saturated heterocycles. The first-order chi connectivity index (χ1) is 14.0. The van der Waals surface area contributed by atoms with Crippen molar-refractivity contribution in [1.82, 2.24) is 5.32 Å². The van der Waals surface area contributed by atoms with Gasteiger partial charge in [-0.05, 0) is 45.6 Å². The first kappa shape index (κ1) is 24.9. The number of nitrogens with zero attached hydrogens (tertiary/aromatic N) is 1.